The number of rotatable bonds is 22. The van der Waals surface area contributed by atoms with Crippen LogP contribution in [0.2, 0.25) is 0 Å². The minimum Gasteiger partial charge on any atom is -0.493 e. The monoisotopic (exact) mass is 2090 g/mol. The zero-order valence-electron chi connectivity index (χ0n) is 89.3. The Morgan fingerprint density at radius 2 is 0.725 bits per heavy atom. The van der Waals surface area contributed by atoms with E-state index in [9.17, 15) is 89.4 Å². The first kappa shape index (κ1) is 82.3. The van der Waals surface area contributed by atoms with Gasteiger partial charge in [0.1, 0.15) is 81.5 Å². The van der Waals surface area contributed by atoms with Crippen molar-refractivity contribution in [3.8, 4) is 86.2 Å². The number of hydrogen-bond acceptors (Lipinski definition) is 43. The first-order chi connectivity index (χ1) is 73.5. The van der Waals surface area contributed by atoms with Crippen LogP contribution in [0.4, 0.5) is 0 Å². The Hall–Kier alpha value is -9.84. The molecule has 13 heterocycles. The molecule has 768 valence electrons. The Balaban J connectivity index is 0.000000142. The molecular formula is C90H99O48P3S. The summed E-state index contributed by atoms with van der Waals surface area (Å²) in [6.07, 6.45) is -25.8. The third-order valence-corrected chi connectivity index (χ3v) is 28.5. The zero-order chi connectivity index (χ0) is 113. The first-order valence-electron chi connectivity index (χ1n) is 50.9. The van der Waals surface area contributed by atoms with Gasteiger partial charge in [-0.1, -0.05) is 6.07 Å². The highest BCUT2D eigenvalue weighted by Gasteiger charge is 2.62. The topological polar surface area (TPSA) is 622 Å². The molecule has 9 saturated heterocycles. The molecule has 12 aliphatic heterocycles. The Morgan fingerprint density at radius 1 is 0.387 bits per heavy atom. The van der Waals surface area contributed by atoms with Crippen LogP contribution in [0.15, 0.2) is 90.3 Å². The van der Waals surface area contributed by atoms with Gasteiger partial charge >= 0.3 is 41.4 Å². The fourth-order valence-electron chi connectivity index (χ4n) is 20.2. The van der Waals surface area contributed by atoms with Crippen LogP contribution >= 0.6 is 34.8 Å². The molecule has 3 aliphatic carbocycles. The molecule has 0 amide bonds. The summed E-state index contributed by atoms with van der Waals surface area (Å²) in [7, 11) is -17.6. The second kappa shape index (κ2) is 39.5. The number of carbonyl (C=O) groups is 3. The molecule has 30 atom stereocenters. The average Bonchev–Trinajstić information content (AvgIpc) is 1.59. The zero-order valence-corrected chi connectivity index (χ0v) is 77.8. The van der Waals surface area contributed by atoms with Gasteiger partial charge in [0.05, 0.1) is 134 Å². The maximum atomic E-state index is 13.8. The number of fused-ring (bicyclic) bond motifs is 12. The number of cyclic esters (lactones) is 3. The number of phosphoric acid groups is 3. The number of aliphatic hydroxyl groups is 6. The lowest BCUT2D eigenvalue weighted by molar-refractivity contribution is -0.368. The fourth-order valence-corrected chi connectivity index (χ4v) is 22.2. The van der Waals surface area contributed by atoms with Crippen molar-refractivity contribution >= 4 is 52.7 Å². The summed E-state index contributed by atoms with van der Waals surface area (Å²) in [4.78, 5) is 99.3. The average molecular weight is 2090 g/mol. The lowest BCUT2D eigenvalue weighted by atomic mass is 9.66. The molecule has 0 radical (unpaired) electrons. The maximum Gasteiger partial charge on any atom is 0.525 e. The van der Waals surface area contributed by atoms with Gasteiger partial charge in [0.25, 0.3) is 0 Å². The van der Waals surface area contributed by atoms with Gasteiger partial charge in [-0.15, -0.1) is 11.3 Å². The summed E-state index contributed by atoms with van der Waals surface area (Å²) in [6, 6.07) is 18.8. The molecule has 6 aromatic carbocycles. The minimum atomic E-state index is -5.53. The smallest absolute Gasteiger partial charge is 0.493 e. The summed E-state index contributed by atoms with van der Waals surface area (Å²) in [5, 5.41) is 68.7. The number of ether oxygens (including phenoxy) is 27. The quantitative estimate of drug-likeness (QED) is 0.0248. The lowest BCUT2D eigenvalue weighted by Crippen LogP contribution is -2.63. The largest absolute Gasteiger partial charge is 0.525 e. The van der Waals surface area contributed by atoms with Crippen LogP contribution in [0.3, 0.4) is 0 Å². The fraction of sp³-hybridized carbons (Fsp3) is 0.522. The van der Waals surface area contributed by atoms with Crippen LogP contribution in [0, 0.1) is 35.5 Å². The molecule has 0 bridgehead atoms. The van der Waals surface area contributed by atoms with Gasteiger partial charge in [-0.3, -0.25) is 43.7 Å². The van der Waals surface area contributed by atoms with Crippen LogP contribution in [0.1, 0.15) is 132 Å². The molecule has 1 aromatic heterocycles. The number of thiophene rings is 1. The van der Waals surface area contributed by atoms with Gasteiger partial charge in [0, 0.05) is 36.9 Å². The number of hydrogen-bond donors (Lipinski definition) is 12. The minimum absolute atomic E-state index is 0.0214. The number of aliphatic hydroxyl groups excluding tert-OH is 6. The van der Waals surface area contributed by atoms with E-state index in [0.29, 0.717) is 0 Å². The Morgan fingerprint density at radius 3 is 1.11 bits per heavy atom. The summed E-state index contributed by atoms with van der Waals surface area (Å²) in [5.74, 6) is -19.8. The molecule has 9 fully saturated rings. The van der Waals surface area contributed by atoms with E-state index in [0.717, 1.165) is 17.0 Å². The van der Waals surface area contributed by atoms with Crippen molar-refractivity contribution < 1.29 is 250 Å². The van der Waals surface area contributed by atoms with Crippen LogP contribution < -0.4 is 70.4 Å². The van der Waals surface area contributed by atoms with E-state index in [2.05, 4.69) is 0 Å². The number of esters is 3. The second-order valence-corrected chi connectivity index (χ2v) is 38.9. The molecule has 0 unspecified atom stereocenters. The second-order valence-electron chi connectivity index (χ2n) is 34.4. The van der Waals surface area contributed by atoms with E-state index in [1.165, 1.54) is 100 Å². The molecule has 142 heavy (non-hydrogen) atoms. The molecule has 48 nitrogen and oxygen atoms in total. The third-order valence-electron chi connectivity index (χ3n) is 26.3. The van der Waals surface area contributed by atoms with Gasteiger partial charge in [-0.25, -0.2) is 13.7 Å². The van der Waals surface area contributed by atoms with Crippen molar-refractivity contribution in [3.05, 3.63) is 145 Å². The molecular weight excluding hydrogens is 1970 g/mol. The lowest BCUT2D eigenvalue weighted by Gasteiger charge is -2.48. The van der Waals surface area contributed by atoms with Crippen molar-refractivity contribution in [1.82, 2.24) is 0 Å². The summed E-state index contributed by atoms with van der Waals surface area (Å²) in [6.45, 7) is -7.89. The standard InChI is InChI=1S/C32H33O16PS.2C29H33O16P/c1-39-19-6-13(7-20(40-2)28(19)48-49(36,37)38)23-14-8-17-18(44-12-43-17)9-15(14)27(16-10-41-30(35)24(16)23)46-32-26(34)25(33)29-21(45-32)11-42-31(47-29)22-4-3-5-50-22;2*1-11-38-9-20-27(42-11)23(30)24(31)29(43-20)44-25-14-7-17-16(40-10-41-17)6-13(14)21(22-15(25)8-39-28(22)32)12-4-18(36-2)26(19(5-12)37-3)45-46(33,34)35/h3-9,16,21,23-27,29,31-34H,10-12H2,1-2H3,(H2,36,37,38);2*4-7,11,15,20-25,27,29-31H,8-10H2,1-3H3,(H2,33,34,35)/t16-,21+,23+,24-,25+,26+,27+,29+,31+,32-;2*11-,15+,20-,21-,22+,23-,24-,25-,27-,29+/m011/s1/i1D3,2D3,12D2;10D2,21D;8D2,10D2. The normalized spacial score (nSPS) is 37.7. The highest BCUT2D eigenvalue weighted by atomic mass is 32.1. The molecule has 7 aromatic rings. The Bertz CT molecular complexity index is 6720. The van der Waals surface area contributed by atoms with Crippen molar-refractivity contribution in [1.29, 1.82) is 0 Å². The molecule has 0 saturated carbocycles. The van der Waals surface area contributed by atoms with Gasteiger partial charge in [0.2, 0.25) is 37.5 Å². The van der Waals surface area contributed by atoms with Crippen molar-refractivity contribution in [2.45, 2.75) is 161 Å². The van der Waals surface area contributed by atoms with Crippen LogP contribution in [-0.4, -0.2) is 285 Å². The van der Waals surface area contributed by atoms with E-state index in [-0.39, 0.29) is 141 Å². The Kier molecular flexibility index (Phi) is 22.9. The van der Waals surface area contributed by atoms with E-state index in [4.69, 9.17) is 161 Å². The predicted molar refractivity (Wildman–Crippen MR) is 466 cm³/mol. The van der Waals surface area contributed by atoms with Crippen molar-refractivity contribution in [2.75, 3.05) is 102 Å². The van der Waals surface area contributed by atoms with Gasteiger partial charge in [-0.2, -0.15) is 0 Å². The maximum absolute atomic E-state index is 13.8. The van der Waals surface area contributed by atoms with E-state index in [1.807, 2.05) is 5.38 Å². The number of carbonyl (C=O) groups excluding carboxylic acids is 3. The highest BCUT2D eigenvalue weighted by molar-refractivity contribution is 7.47. The van der Waals surface area contributed by atoms with Gasteiger partial charge in [0.15, 0.2) is 107 Å². The number of benzene rings is 6. The van der Waals surface area contributed by atoms with E-state index in [1.54, 1.807) is 26.0 Å². The summed E-state index contributed by atoms with van der Waals surface area (Å²) >= 11 is 1.37. The number of methoxy groups -OCH3 is 6. The van der Waals surface area contributed by atoms with E-state index >= 15 is 0 Å². The van der Waals surface area contributed by atoms with Crippen LogP contribution in [0.25, 0.3) is 0 Å². The number of phosphoric ester groups is 3. The molecule has 0 spiro atoms. The van der Waals surface area contributed by atoms with Crippen LogP contribution in [0.5, 0.6) is 86.2 Å². The summed E-state index contributed by atoms with van der Waals surface area (Å²) in [5.41, 5.74) is 1.10. The van der Waals surface area contributed by atoms with Crippen molar-refractivity contribution in [3.63, 3.8) is 0 Å². The van der Waals surface area contributed by atoms with Crippen LogP contribution in [-0.2, 0) is 99.1 Å². The third kappa shape index (κ3) is 18.8. The SMILES string of the molecule is [2H]C([2H])([2H])Oc1cc([C@@H]2c3cc4c(cc3[C@@H](O[C@@H]3O[C@@H]5CO[C@@H](c6cccs6)O[C@H]5[C@H](O)[C@H]3O)[C@H]3COC(=O)[C@H]23)OC([2H])([2H])O4)cc(OC([2H])([2H])[2H])c1OP(=O)(O)O.[2H]C1([2H])Oc2cc3c(cc2O1)[C@@H](O[C@@H]1O[C@@H]2CO[C@@H](C)O[C@H]2[C@H](O)[C@H]1O)[C@@H]1[C@H](C(=O)OC1([2H])[2H])[C@@H]3c1cc(OC)c(OP(=O)(O)O)c(OC)c1.[2H]C1([2H])Oc2cc3c(cc2O1)[C@@]([2H])(c1cc(OC)c(OP(=O)(O)O)c(OC)c1)[C@H]1C(=O)OC[C@@H]1[C@@H]3O[C@@H]1O[C@@H]2CO[C@@H](C)O[C@H]2[C@H](O)[C@H]1O. The highest BCUT2D eigenvalue weighted by Crippen LogP contribution is 2.64. The van der Waals surface area contributed by atoms with Gasteiger partial charge < -0.3 is 172 Å². The predicted octanol–water partition coefficient (Wildman–Crippen LogP) is 4.73. The Labute approximate surface area is 830 Å². The molecule has 12 N–H and O–H groups in total. The van der Waals surface area contributed by atoms with Crippen molar-refractivity contribution in [2.24, 2.45) is 35.5 Å². The summed E-state index contributed by atoms with van der Waals surface area (Å²) < 4.78 is 324. The molecule has 15 aliphatic rings. The van der Waals surface area contributed by atoms with Gasteiger partial charge in [-0.05, 0) is 148 Å². The first-order valence-corrected chi connectivity index (χ1v) is 48.9. The molecule has 22 rings (SSSR count). The van der Waals surface area contributed by atoms with E-state index < -0.39 is 294 Å². The molecule has 52 heteroatoms.